The van der Waals surface area contributed by atoms with Crippen LogP contribution < -0.4 is 15.2 Å². The van der Waals surface area contributed by atoms with Crippen LogP contribution >= 0.6 is 0 Å². The predicted octanol–water partition coefficient (Wildman–Crippen LogP) is 3.22. The number of benzene rings is 2. The van der Waals surface area contributed by atoms with Gasteiger partial charge in [-0.3, -0.25) is 0 Å². The van der Waals surface area contributed by atoms with Crippen molar-refractivity contribution in [2.75, 3.05) is 13.7 Å². The van der Waals surface area contributed by atoms with Gasteiger partial charge in [0.25, 0.3) is 0 Å². The molecule has 2 aromatic rings. The summed E-state index contributed by atoms with van der Waals surface area (Å²) >= 11 is 0. The van der Waals surface area contributed by atoms with Crippen LogP contribution in [0.15, 0.2) is 36.4 Å². The lowest BCUT2D eigenvalue weighted by Gasteiger charge is -2.15. The van der Waals surface area contributed by atoms with Gasteiger partial charge in [-0.25, -0.2) is 4.39 Å². The molecule has 2 N–H and O–H groups in total. The van der Waals surface area contributed by atoms with E-state index in [1.54, 1.807) is 13.2 Å². The zero-order valence-corrected chi connectivity index (χ0v) is 12.4. The first-order valence-electron chi connectivity index (χ1n) is 6.89. The van der Waals surface area contributed by atoms with E-state index in [-0.39, 0.29) is 5.82 Å². The van der Waals surface area contributed by atoms with Crippen LogP contribution in [0.3, 0.4) is 0 Å². The Morgan fingerprint density at radius 3 is 2.62 bits per heavy atom. The van der Waals surface area contributed by atoms with Gasteiger partial charge in [-0.05, 0) is 54.8 Å². The van der Waals surface area contributed by atoms with Crippen LogP contribution in [-0.4, -0.2) is 13.7 Å². The third kappa shape index (κ3) is 3.73. The fraction of sp³-hybridized carbons (Fsp3) is 0.294. The first-order valence-corrected chi connectivity index (χ1v) is 6.89. The molecule has 0 unspecified atom stereocenters. The van der Waals surface area contributed by atoms with E-state index in [0.717, 1.165) is 23.1 Å². The van der Waals surface area contributed by atoms with Gasteiger partial charge in [0.1, 0.15) is 12.4 Å². The number of nitrogens with two attached hydrogens (primary N) is 1. The molecule has 0 aromatic heterocycles. The molecule has 0 saturated heterocycles. The summed E-state index contributed by atoms with van der Waals surface area (Å²) in [5.74, 6) is 1.15. The van der Waals surface area contributed by atoms with Gasteiger partial charge in [0, 0.05) is 0 Å². The van der Waals surface area contributed by atoms with E-state index < -0.39 is 0 Å². The molecule has 0 fully saturated rings. The maximum Gasteiger partial charge on any atom is 0.164 e. The molecule has 0 aliphatic carbocycles. The summed E-state index contributed by atoms with van der Waals surface area (Å²) in [6, 6.07) is 10.4. The van der Waals surface area contributed by atoms with Crippen LogP contribution in [0.2, 0.25) is 0 Å². The maximum atomic E-state index is 13.1. The molecule has 0 aliphatic rings. The maximum absolute atomic E-state index is 13.1. The van der Waals surface area contributed by atoms with Crippen molar-refractivity contribution in [2.45, 2.75) is 20.0 Å². The Bertz CT molecular complexity index is 614. The average molecular weight is 289 g/mol. The van der Waals surface area contributed by atoms with Crippen LogP contribution in [0, 0.1) is 12.7 Å². The van der Waals surface area contributed by atoms with E-state index in [0.29, 0.717) is 24.7 Å². The van der Waals surface area contributed by atoms with Gasteiger partial charge in [-0.2, -0.15) is 0 Å². The SMILES string of the molecule is COc1cccc(CCN)c1OCc1ccc(F)cc1C. The third-order valence-corrected chi connectivity index (χ3v) is 3.37. The molecule has 2 rings (SSSR count). The van der Waals surface area contributed by atoms with Gasteiger partial charge in [-0.1, -0.05) is 18.2 Å². The average Bonchev–Trinajstić information content (AvgIpc) is 2.47. The molecule has 0 heterocycles. The van der Waals surface area contributed by atoms with Crippen molar-refractivity contribution in [1.82, 2.24) is 0 Å². The molecule has 0 amide bonds. The first-order chi connectivity index (χ1) is 10.2. The van der Waals surface area contributed by atoms with Crippen molar-refractivity contribution in [3.8, 4) is 11.5 Å². The summed E-state index contributed by atoms with van der Waals surface area (Å²) < 4.78 is 24.4. The van der Waals surface area contributed by atoms with Gasteiger partial charge in [-0.15, -0.1) is 0 Å². The summed E-state index contributed by atoms with van der Waals surface area (Å²) in [6.45, 7) is 2.77. The molecule has 2 aromatic carbocycles. The van der Waals surface area contributed by atoms with Gasteiger partial charge >= 0.3 is 0 Å². The Labute approximate surface area is 124 Å². The molecule has 3 nitrogen and oxygen atoms in total. The molecule has 4 heteroatoms. The highest BCUT2D eigenvalue weighted by molar-refractivity contribution is 5.47. The number of ether oxygens (including phenoxy) is 2. The van der Waals surface area contributed by atoms with Crippen molar-refractivity contribution in [2.24, 2.45) is 5.73 Å². The highest BCUT2D eigenvalue weighted by atomic mass is 19.1. The van der Waals surface area contributed by atoms with Gasteiger partial charge in [0.2, 0.25) is 0 Å². The molecule has 0 aliphatic heterocycles. The molecule has 21 heavy (non-hydrogen) atoms. The molecule has 0 saturated carbocycles. The summed E-state index contributed by atoms with van der Waals surface area (Å²) in [5.41, 5.74) is 8.45. The molecule has 112 valence electrons. The van der Waals surface area contributed by atoms with E-state index in [2.05, 4.69) is 0 Å². The molecule has 0 radical (unpaired) electrons. The lowest BCUT2D eigenvalue weighted by atomic mass is 10.1. The summed E-state index contributed by atoms with van der Waals surface area (Å²) in [4.78, 5) is 0. The monoisotopic (exact) mass is 289 g/mol. The number of methoxy groups -OCH3 is 1. The molecule has 0 bridgehead atoms. The van der Waals surface area contributed by atoms with Crippen LogP contribution in [0.25, 0.3) is 0 Å². The van der Waals surface area contributed by atoms with Crippen molar-refractivity contribution in [3.05, 3.63) is 58.9 Å². The molecule has 0 atom stereocenters. The van der Waals surface area contributed by atoms with E-state index in [4.69, 9.17) is 15.2 Å². The summed E-state index contributed by atoms with van der Waals surface area (Å²) in [6.07, 6.45) is 0.717. The van der Waals surface area contributed by atoms with Crippen LogP contribution in [-0.2, 0) is 13.0 Å². The predicted molar refractivity (Wildman–Crippen MR) is 81.2 cm³/mol. The minimum absolute atomic E-state index is 0.239. The summed E-state index contributed by atoms with van der Waals surface area (Å²) in [7, 11) is 1.61. The normalized spacial score (nSPS) is 10.5. The lowest BCUT2D eigenvalue weighted by molar-refractivity contribution is 0.280. The molecular formula is C17H20FNO2. The first kappa shape index (κ1) is 15.3. The number of hydrogen-bond acceptors (Lipinski definition) is 3. The molecule has 0 spiro atoms. The Balaban J connectivity index is 2.22. The Morgan fingerprint density at radius 1 is 1.14 bits per heavy atom. The smallest absolute Gasteiger partial charge is 0.164 e. The topological polar surface area (TPSA) is 44.5 Å². The number of halogens is 1. The quantitative estimate of drug-likeness (QED) is 0.888. The zero-order valence-electron chi connectivity index (χ0n) is 12.4. The Hall–Kier alpha value is -2.07. The standard InChI is InChI=1S/C17H20FNO2/c1-12-10-15(18)7-6-14(12)11-21-17-13(8-9-19)4-3-5-16(17)20-2/h3-7,10H,8-9,11,19H2,1-2H3. The highest BCUT2D eigenvalue weighted by Crippen LogP contribution is 2.32. The van der Waals surface area contributed by atoms with Gasteiger partial charge in [0.15, 0.2) is 11.5 Å². The van der Waals surface area contributed by atoms with Crippen LogP contribution in [0.1, 0.15) is 16.7 Å². The van der Waals surface area contributed by atoms with E-state index in [9.17, 15) is 4.39 Å². The van der Waals surface area contributed by atoms with Crippen molar-refractivity contribution < 1.29 is 13.9 Å². The third-order valence-electron chi connectivity index (χ3n) is 3.37. The van der Waals surface area contributed by atoms with Crippen molar-refractivity contribution in [1.29, 1.82) is 0 Å². The summed E-state index contributed by atoms with van der Waals surface area (Å²) in [5, 5.41) is 0. The number of hydrogen-bond donors (Lipinski definition) is 1. The van der Waals surface area contributed by atoms with E-state index in [1.165, 1.54) is 12.1 Å². The fourth-order valence-corrected chi connectivity index (χ4v) is 2.21. The number of aryl methyl sites for hydroxylation is 1. The highest BCUT2D eigenvalue weighted by Gasteiger charge is 2.11. The molecular weight excluding hydrogens is 269 g/mol. The van der Waals surface area contributed by atoms with Crippen LogP contribution in [0.4, 0.5) is 4.39 Å². The van der Waals surface area contributed by atoms with Crippen LogP contribution in [0.5, 0.6) is 11.5 Å². The second kappa shape index (κ2) is 7.09. The lowest BCUT2D eigenvalue weighted by Crippen LogP contribution is -2.07. The fourth-order valence-electron chi connectivity index (χ4n) is 2.21. The number of para-hydroxylation sites is 1. The second-order valence-corrected chi connectivity index (χ2v) is 4.85. The Kier molecular flexibility index (Phi) is 5.17. The second-order valence-electron chi connectivity index (χ2n) is 4.85. The number of rotatable bonds is 6. The van der Waals surface area contributed by atoms with Crippen molar-refractivity contribution in [3.63, 3.8) is 0 Å². The minimum Gasteiger partial charge on any atom is -0.493 e. The van der Waals surface area contributed by atoms with E-state index in [1.807, 2.05) is 25.1 Å². The Morgan fingerprint density at radius 2 is 1.95 bits per heavy atom. The van der Waals surface area contributed by atoms with E-state index >= 15 is 0 Å². The largest absolute Gasteiger partial charge is 0.493 e. The van der Waals surface area contributed by atoms with Gasteiger partial charge < -0.3 is 15.2 Å². The minimum atomic E-state index is -0.239. The van der Waals surface area contributed by atoms with Gasteiger partial charge in [0.05, 0.1) is 7.11 Å². The van der Waals surface area contributed by atoms with Crippen molar-refractivity contribution >= 4 is 0 Å². The zero-order chi connectivity index (χ0) is 15.2.